The van der Waals surface area contributed by atoms with Crippen molar-refractivity contribution in [2.75, 3.05) is 5.32 Å². The Labute approximate surface area is 152 Å². The highest BCUT2D eigenvalue weighted by molar-refractivity contribution is 6.30. The summed E-state index contributed by atoms with van der Waals surface area (Å²) in [4.78, 5) is 12.3. The highest BCUT2D eigenvalue weighted by Gasteiger charge is 2.07. The van der Waals surface area contributed by atoms with Gasteiger partial charge < -0.3 is 10.1 Å². The van der Waals surface area contributed by atoms with Gasteiger partial charge in [-0.2, -0.15) is 0 Å². The average molecular weight is 352 g/mol. The maximum atomic E-state index is 12.3. The van der Waals surface area contributed by atoms with E-state index in [0.717, 1.165) is 5.56 Å². The first-order valence-corrected chi connectivity index (χ1v) is 8.31. The van der Waals surface area contributed by atoms with Gasteiger partial charge in [-0.15, -0.1) is 0 Å². The molecular formula is C21H18ClNO2. The maximum absolute atomic E-state index is 12.3. The van der Waals surface area contributed by atoms with Gasteiger partial charge in [-0.1, -0.05) is 17.7 Å². The molecule has 0 radical (unpaired) electrons. The van der Waals surface area contributed by atoms with Crippen molar-refractivity contribution in [3.8, 4) is 11.5 Å². The van der Waals surface area contributed by atoms with Gasteiger partial charge in [-0.25, -0.2) is 0 Å². The highest BCUT2D eigenvalue weighted by atomic mass is 35.5. The van der Waals surface area contributed by atoms with Gasteiger partial charge in [0.2, 0.25) is 0 Å². The summed E-state index contributed by atoms with van der Waals surface area (Å²) in [6, 6.07) is 20.1. The Hall–Kier alpha value is -2.78. The molecule has 0 spiro atoms. The van der Waals surface area contributed by atoms with Gasteiger partial charge >= 0.3 is 0 Å². The standard InChI is InChI=1S/C21H18ClNO2/c1-14-3-4-16(13-15(14)2)21(24)23-18-7-11-20(12-8-18)25-19-9-5-17(22)6-10-19/h3-13H,1-2H3,(H,23,24). The third-order valence-electron chi connectivity index (χ3n) is 3.93. The molecule has 0 aliphatic heterocycles. The number of carbonyl (C=O) groups excluding carboxylic acids is 1. The first-order chi connectivity index (χ1) is 12.0. The number of ether oxygens (including phenoxy) is 1. The molecule has 0 aliphatic carbocycles. The summed E-state index contributed by atoms with van der Waals surface area (Å²) >= 11 is 5.86. The molecule has 4 heteroatoms. The van der Waals surface area contributed by atoms with Gasteiger partial charge in [-0.05, 0) is 85.6 Å². The molecule has 1 amide bonds. The zero-order chi connectivity index (χ0) is 17.8. The van der Waals surface area contributed by atoms with E-state index in [2.05, 4.69) is 5.32 Å². The molecule has 0 unspecified atom stereocenters. The van der Waals surface area contributed by atoms with E-state index in [9.17, 15) is 4.79 Å². The molecule has 3 aromatic carbocycles. The van der Waals surface area contributed by atoms with E-state index in [1.165, 1.54) is 5.56 Å². The topological polar surface area (TPSA) is 38.3 Å². The largest absolute Gasteiger partial charge is 0.457 e. The molecule has 0 saturated heterocycles. The predicted octanol–water partition coefficient (Wildman–Crippen LogP) is 6.00. The Morgan fingerprint density at radius 2 is 1.44 bits per heavy atom. The Morgan fingerprint density at radius 1 is 0.840 bits per heavy atom. The average Bonchev–Trinajstić information content (AvgIpc) is 2.61. The van der Waals surface area contributed by atoms with Gasteiger partial charge in [0.1, 0.15) is 11.5 Å². The number of anilines is 1. The molecule has 0 aliphatic rings. The predicted molar refractivity (Wildman–Crippen MR) is 102 cm³/mol. The molecule has 0 fully saturated rings. The van der Waals surface area contributed by atoms with Gasteiger partial charge in [0.05, 0.1) is 0 Å². The minimum atomic E-state index is -0.130. The van der Waals surface area contributed by atoms with E-state index < -0.39 is 0 Å². The Bertz CT molecular complexity index is 887. The number of hydrogen-bond acceptors (Lipinski definition) is 2. The van der Waals surface area contributed by atoms with Crippen LogP contribution in [0.3, 0.4) is 0 Å². The number of nitrogens with one attached hydrogen (secondary N) is 1. The van der Waals surface area contributed by atoms with Gasteiger partial charge in [0.25, 0.3) is 5.91 Å². The smallest absolute Gasteiger partial charge is 0.255 e. The molecule has 3 aromatic rings. The van der Waals surface area contributed by atoms with Crippen LogP contribution in [0.25, 0.3) is 0 Å². The van der Waals surface area contributed by atoms with Gasteiger partial charge in [0.15, 0.2) is 0 Å². The van der Waals surface area contributed by atoms with Crippen LogP contribution in [0.15, 0.2) is 66.7 Å². The minimum Gasteiger partial charge on any atom is -0.457 e. The molecule has 3 rings (SSSR count). The van der Waals surface area contributed by atoms with Crippen molar-refractivity contribution < 1.29 is 9.53 Å². The summed E-state index contributed by atoms with van der Waals surface area (Å²) in [6.07, 6.45) is 0. The van der Waals surface area contributed by atoms with Crippen LogP contribution in [0.2, 0.25) is 5.02 Å². The first kappa shape index (κ1) is 17.1. The van der Waals surface area contributed by atoms with Crippen LogP contribution in [-0.2, 0) is 0 Å². The molecule has 0 aromatic heterocycles. The van der Waals surface area contributed by atoms with Crippen molar-refractivity contribution in [2.24, 2.45) is 0 Å². The molecule has 3 nitrogen and oxygen atoms in total. The van der Waals surface area contributed by atoms with Crippen LogP contribution in [0, 0.1) is 13.8 Å². The van der Waals surface area contributed by atoms with Crippen molar-refractivity contribution in [3.63, 3.8) is 0 Å². The second-order valence-corrected chi connectivity index (χ2v) is 6.27. The molecule has 0 bridgehead atoms. The summed E-state index contributed by atoms with van der Waals surface area (Å²) in [5.41, 5.74) is 3.62. The SMILES string of the molecule is Cc1ccc(C(=O)Nc2ccc(Oc3ccc(Cl)cc3)cc2)cc1C. The van der Waals surface area contributed by atoms with Crippen molar-refractivity contribution >= 4 is 23.2 Å². The number of rotatable bonds is 4. The fraction of sp³-hybridized carbons (Fsp3) is 0.0952. The molecule has 0 atom stereocenters. The van der Waals surface area contributed by atoms with E-state index in [-0.39, 0.29) is 5.91 Å². The minimum absolute atomic E-state index is 0.130. The van der Waals surface area contributed by atoms with Crippen LogP contribution in [0.4, 0.5) is 5.69 Å². The fourth-order valence-electron chi connectivity index (χ4n) is 2.33. The molecule has 0 saturated carbocycles. The lowest BCUT2D eigenvalue weighted by Gasteiger charge is -2.09. The van der Waals surface area contributed by atoms with Crippen LogP contribution in [-0.4, -0.2) is 5.91 Å². The lowest BCUT2D eigenvalue weighted by molar-refractivity contribution is 0.102. The number of amides is 1. The lowest BCUT2D eigenvalue weighted by atomic mass is 10.1. The number of aryl methyl sites for hydroxylation is 2. The Balaban J connectivity index is 1.66. The van der Waals surface area contributed by atoms with E-state index >= 15 is 0 Å². The summed E-state index contributed by atoms with van der Waals surface area (Å²) in [7, 11) is 0. The van der Waals surface area contributed by atoms with E-state index in [0.29, 0.717) is 27.8 Å². The van der Waals surface area contributed by atoms with Crippen molar-refractivity contribution in [3.05, 3.63) is 88.4 Å². The van der Waals surface area contributed by atoms with Crippen molar-refractivity contribution in [1.82, 2.24) is 0 Å². The normalized spacial score (nSPS) is 10.4. The van der Waals surface area contributed by atoms with E-state index in [4.69, 9.17) is 16.3 Å². The van der Waals surface area contributed by atoms with Gasteiger partial charge in [-0.3, -0.25) is 4.79 Å². The number of carbonyl (C=O) groups is 1. The summed E-state index contributed by atoms with van der Waals surface area (Å²) in [6.45, 7) is 4.02. The number of hydrogen-bond donors (Lipinski definition) is 1. The molecule has 126 valence electrons. The Morgan fingerprint density at radius 3 is 2.04 bits per heavy atom. The second kappa shape index (κ2) is 7.41. The Kier molecular flexibility index (Phi) is 5.05. The summed E-state index contributed by atoms with van der Waals surface area (Å²) < 4.78 is 5.74. The molecule has 25 heavy (non-hydrogen) atoms. The molecule has 0 heterocycles. The van der Waals surface area contributed by atoms with Crippen LogP contribution < -0.4 is 10.1 Å². The zero-order valence-corrected chi connectivity index (χ0v) is 14.8. The first-order valence-electron chi connectivity index (χ1n) is 7.93. The lowest BCUT2D eigenvalue weighted by Crippen LogP contribution is -2.12. The fourth-order valence-corrected chi connectivity index (χ4v) is 2.46. The molecule has 1 N–H and O–H groups in total. The highest BCUT2D eigenvalue weighted by Crippen LogP contribution is 2.24. The number of halogens is 1. The third kappa shape index (κ3) is 4.40. The van der Waals surface area contributed by atoms with Gasteiger partial charge in [0, 0.05) is 16.3 Å². The van der Waals surface area contributed by atoms with Crippen LogP contribution in [0.5, 0.6) is 11.5 Å². The molecular weight excluding hydrogens is 334 g/mol. The quantitative estimate of drug-likeness (QED) is 0.625. The second-order valence-electron chi connectivity index (χ2n) is 5.83. The van der Waals surface area contributed by atoms with Crippen LogP contribution in [0.1, 0.15) is 21.5 Å². The van der Waals surface area contributed by atoms with Crippen LogP contribution >= 0.6 is 11.6 Å². The summed E-state index contributed by atoms with van der Waals surface area (Å²) in [5.74, 6) is 1.26. The summed E-state index contributed by atoms with van der Waals surface area (Å²) in [5, 5.41) is 3.56. The van der Waals surface area contributed by atoms with E-state index in [1.54, 1.807) is 24.3 Å². The third-order valence-corrected chi connectivity index (χ3v) is 4.18. The zero-order valence-electron chi connectivity index (χ0n) is 14.0. The van der Waals surface area contributed by atoms with Crippen molar-refractivity contribution in [1.29, 1.82) is 0 Å². The van der Waals surface area contributed by atoms with Crippen molar-refractivity contribution in [2.45, 2.75) is 13.8 Å². The number of benzene rings is 3. The monoisotopic (exact) mass is 351 g/mol. The maximum Gasteiger partial charge on any atom is 0.255 e. The van der Waals surface area contributed by atoms with E-state index in [1.807, 2.05) is 56.3 Å².